The van der Waals surface area contributed by atoms with Gasteiger partial charge in [0.1, 0.15) is 11.4 Å². The molecule has 0 radical (unpaired) electrons. The molecule has 0 saturated heterocycles. The van der Waals surface area contributed by atoms with Gasteiger partial charge in [0.2, 0.25) is 0 Å². The Hall–Kier alpha value is -2.44. The van der Waals surface area contributed by atoms with Crippen LogP contribution in [0.5, 0.6) is 5.75 Å². The molecule has 7 heteroatoms. The van der Waals surface area contributed by atoms with Gasteiger partial charge in [0.05, 0.1) is 11.3 Å². The molecule has 3 nitrogen and oxygen atoms in total. The summed E-state index contributed by atoms with van der Waals surface area (Å²) in [6, 6.07) is 8.23. The van der Waals surface area contributed by atoms with Crippen molar-refractivity contribution in [3.05, 3.63) is 53.8 Å². The van der Waals surface area contributed by atoms with Crippen molar-refractivity contribution in [3.63, 3.8) is 0 Å². The lowest BCUT2D eigenvalue weighted by Crippen LogP contribution is -2.07. The summed E-state index contributed by atoms with van der Waals surface area (Å²) in [5.41, 5.74) is -1.62. The van der Waals surface area contributed by atoms with Crippen LogP contribution in [-0.2, 0) is 6.18 Å². The number of azo groups is 1. The summed E-state index contributed by atoms with van der Waals surface area (Å²) in [5.74, 6) is -1.46. The van der Waals surface area contributed by atoms with Gasteiger partial charge >= 0.3 is 6.18 Å². The molecule has 0 aliphatic carbocycles. The first-order valence-corrected chi connectivity index (χ1v) is 5.44. The smallest absolute Gasteiger partial charge is 0.419 e. The predicted molar refractivity (Wildman–Crippen MR) is 63.7 cm³/mol. The van der Waals surface area contributed by atoms with Crippen molar-refractivity contribution in [1.82, 2.24) is 0 Å². The molecule has 2 aromatic rings. The quantitative estimate of drug-likeness (QED) is 0.614. The summed E-state index contributed by atoms with van der Waals surface area (Å²) >= 11 is 0. The first kappa shape index (κ1) is 14.0. The number of hydrogen-bond acceptors (Lipinski definition) is 3. The lowest BCUT2D eigenvalue weighted by atomic mass is 10.2. The van der Waals surface area contributed by atoms with Crippen LogP contribution in [0.4, 0.5) is 28.9 Å². The highest BCUT2D eigenvalue weighted by Gasteiger charge is 2.34. The second kappa shape index (κ2) is 5.28. The molecule has 0 aromatic heterocycles. The zero-order valence-electron chi connectivity index (χ0n) is 9.89. The van der Waals surface area contributed by atoms with Crippen LogP contribution in [0.2, 0.25) is 0 Å². The molecule has 2 aromatic carbocycles. The average molecular weight is 284 g/mol. The van der Waals surface area contributed by atoms with Gasteiger partial charge < -0.3 is 5.11 Å². The Labute approximate surface area is 111 Å². The summed E-state index contributed by atoms with van der Waals surface area (Å²) < 4.78 is 51.1. The second-order valence-corrected chi connectivity index (χ2v) is 3.85. The van der Waals surface area contributed by atoms with E-state index in [4.69, 9.17) is 5.11 Å². The molecule has 20 heavy (non-hydrogen) atoms. The highest BCUT2D eigenvalue weighted by molar-refractivity contribution is 5.45. The van der Waals surface area contributed by atoms with Crippen LogP contribution in [0.25, 0.3) is 0 Å². The van der Waals surface area contributed by atoms with Crippen molar-refractivity contribution in [2.45, 2.75) is 6.18 Å². The van der Waals surface area contributed by atoms with Gasteiger partial charge in [-0.05, 0) is 36.4 Å². The van der Waals surface area contributed by atoms with Gasteiger partial charge in [-0.3, -0.25) is 0 Å². The zero-order valence-corrected chi connectivity index (χ0v) is 9.89. The SMILES string of the molecule is Oc1ccc(/N=N/c2cccc(C(F)(F)F)c2F)cc1. The third-order valence-corrected chi connectivity index (χ3v) is 2.41. The standard InChI is InChI=1S/C13H8F4N2O/c14-12-10(13(15,16)17)2-1-3-11(12)19-18-8-4-6-9(20)7-5-8/h1-7,20H/b19-18+. The highest BCUT2D eigenvalue weighted by Crippen LogP contribution is 2.35. The van der Waals surface area contributed by atoms with Gasteiger partial charge in [0.15, 0.2) is 5.82 Å². The number of nitrogens with zero attached hydrogens (tertiary/aromatic N) is 2. The first-order chi connectivity index (χ1) is 9.38. The van der Waals surface area contributed by atoms with Crippen LogP contribution in [0, 0.1) is 5.82 Å². The highest BCUT2D eigenvalue weighted by atomic mass is 19.4. The van der Waals surface area contributed by atoms with Crippen LogP contribution in [0.1, 0.15) is 5.56 Å². The average Bonchev–Trinajstić information content (AvgIpc) is 2.38. The number of rotatable bonds is 2. The van der Waals surface area contributed by atoms with E-state index >= 15 is 0 Å². The number of halogens is 4. The molecule has 2 rings (SSSR count). The number of hydrogen-bond donors (Lipinski definition) is 1. The van der Waals surface area contributed by atoms with Crippen molar-refractivity contribution in [2.24, 2.45) is 10.2 Å². The van der Waals surface area contributed by atoms with E-state index in [0.717, 1.165) is 12.1 Å². The van der Waals surface area contributed by atoms with Crippen molar-refractivity contribution in [3.8, 4) is 5.75 Å². The number of phenols is 1. The summed E-state index contributed by atoms with van der Waals surface area (Å²) in [5, 5.41) is 16.1. The Kier molecular flexibility index (Phi) is 3.69. The van der Waals surface area contributed by atoms with E-state index in [1.807, 2.05) is 0 Å². The molecule has 1 N–H and O–H groups in total. The summed E-state index contributed by atoms with van der Waals surface area (Å²) in [6.07, 6.45) is -4.78. The summed E-state index contributed by atoms with van der Waals surface area (Å²) in [7, 11) is 0. The van der Waals surface area contributed by atoms with E-state index in [1.165, 1.54) is 24.3 Å². The van der Waals surface area contributed by atoms with E-state index in [2.05, 4.69) is 10.2 Å². The number of benzene rings is 2. The van der Waals surface area contributed by atoms with Gasteiger partial charge in [-0.25, -0.2) is 4.39 Å². The molecule has 0 bridgehead atoms. The Morgan fingerprint density at radius 1 is 0.900 bits per heavy atom. The molecular weight excluding hydrogens is 276 g/mol. The molecule has 0 saturated carbocycles. The second-order valence-electron chi connectivity index (χ2n) is 3.85. The van der Waals surface area contributed by atoms with Gasteiger partial charge in [0, 0.05) is 0 Å². The fraction of sp³-hybridized carbons (Fsp3) is 0.0769. The fourth-order valence-electron chi connectivity index (χ4n) is 1.45. The number of alkyl halides is 3. The van der Waals surface area contributed by atoms with Gasteiger partial charge in [0.25, 0.3) is 0 Å². The molecule has 0 heterocycles. The topological polar surface area (TPSA) is 45.0 Å². The fourth-order valence-corrected chi connectivity index (χ4v) is 1.45. The van der Waals surface area contributed by atoms with Crippen molar-refractivity contribution in [1.29, 1.82) is 0 Å². The minimum atomic E-state index is -4.78. The molecule has 0 fully saturated rings. The van der Waals surface area contributed by atoms with Crippen LogP contribution in [-0.4, -0.2) is 5.11 Å². The van der Waals surface area contributed by atoms with E-state index in [1.54, 1.807) is 0 Å². The Morgan fingerprint density at radius 3 is 2.15 bits per heavy atom. The molecule has 0 aliphatic rings. The minimum absolute atomic E-state index is 0.00852. The third-order valence-electron chi connectivity index (χ3n) is 2.41. The lowest BCUT2D eigenvalue weighted by Gasteiger charge is -2.08. The summed E-state index contributed by atoms with van der Waals surface area (Å²) in [6.45, 7) is 0. The Balaban J connectivity index is 2.32. The molecule has 0 aliphatic heterocycles. The van der Waals surface area contributed by atoms with Crippen LogP contribution >= 0.6 is 0 Å². The van der Waals surface area contributed by atoms with E-state index in [-0.39, 0.29) is 11.4 Å². The molecule has 104 valence electrons. The van der Waals surface area contributed by atoms with Gasteiger partial charge in [-0.15, -0.1) is 5.11 Å². The van der Waals surface area contributed by atoms with E-state index in [0.29, 0.717) is 6.07 Å². The molecule has 0 atom stereocenters. The monoisotopic (exact) mass is 284 g/mol. The van der Waals surface area contributed by atoms with Gasteiger partial charge in [-0.1, -0.05) is 6.07 Å². The largest absolute Gasteiger partial charge is 0.508 e. The predicted octanol–water partition coefficient (Wildman–Crippen LogP) is 4.97. The minimum Gasteiger partial charge on any atom is -0.508 e. The normalized spacial score (nSPS) is 12.0. The van der Waals surface area contributed by atoms with Crippen molar-refractivity contribution < 1.29 is 22.7 Å². The zero-order chi connectivity index (χ0) is 14.8. The van der Waals surface area contributed by atoms with Crippen LogP contribution in [0.15, 0.2) is 52.7 Å². The Morgan fingerprint density at radius 2 is 1.55 bits per heavy atom. The maximum absolute atomic E-state index is 13.6. The molecular formula is C13H8F4N2O. The lowest BCUT2D eigenvalue weighted by molar-refractivity contribution is -0.139. The van der Waals surface area contributed by atoms with Crippen molar-refractivity contribution in [2.75, 3.05) is 0 Å². The van der Waals surface area contributed by atoms with Crippen LogP contribution in [0.3, 0.4) is 0 Å². The molecule has 0 amide bonds. The van der Waals surface area contributed by atoms with Crippen molar-refractivity contribution >= 4 is 11.4 Å². The number of phenolic OH excluding ortho intramolecular Hbond substituents is 1. The molecule has 0 unspecified atom stereocenters. The molecule has 0 spiro atoms. The van der Waals surface area contributed by atoms with Crippen LogP contribution < -0.4 is 0 Å². The van der Waals surface area contributed by atoms with E-state index < -0.39 is 23.2 Å². The maximum Gasteiger partial charge on any atom is 0.419 e. The Bertz CT molecular complexity index is 636. The number of aromatic hydroxyl groups is 1. The third kappa shape index (κ3) is 3.11. The first-order valence-electron chi connectivity index (χ1n) is 5.44. The van der Waals surface area contributed by atoms with E-state index in [9.17, 15) is 17.6 Å². The summed E-state index contributed by atoms with van der Waals surface area (Å²) in [4.78, 5) is 0. The van der Waals surface area contributed by atoms with Gasteiger partial charge in [-0.2, -0.15) is 18.3 Å². The maximum atomic E-state index is 13.6.